The SMILES string of the molecule is O=C(O)c1ccc(Br)cc1C(O)C(O)C(=O)O. The number of rotatable bonds is 4. The summed E-state index contributed by atoms with van der Waals surface area (Å²) in [7, 11) is 0. The molecule has 0 spiro atoms. The van der Waals surface area contributed by atoms with Crippen molar-refractivity contribution >= 4 is 27.9 Å². The van der Waals surface area contributed by atoms with Crippen LogP contribution in [0.4, 0.5) is 0 Å². The van der Waals surface area contributed by atoms with E-state index < -0.39 is 24.1 Å². The molecule has 0 aliphatic rings. The van der Waals surface area contributed by atoms with Crippen LogP contribution in [0.1, 0.15) is 22.0 Å². The number of carboxylic acids is 2. The summed E-state index contributed by atoms with van der Waals surface area (Å²) < 4.78 is 0.467. The Bertz CT molecular complexity index is 458. The minimum Gasteiger partial charge on any atom is -0.479 e. The minimum absolute atomic E-state index is 0.165. The van der Waals surface area contributed by atoms with E-state index in [1.807, 2.05) is 0 Å². The average molecular weight is 305 g/mol. The highest BCUT2D eigenvalue weighted by Gasteiger charge is 2.28. The van der Waals surface area contributed by atoms with Gasteiger partial charge in [-0.25, -0.2) is 9.59 Å². The highest BCUT2D eigenvalue weighted by atomic mass is 79.9. The van der Waals surface area contributed by atoms with Crippen molar-refractivity contribution in [2.24, 2.45) is 0 Å². The van der Waals surface area contributed by atoms with Gasteiger partial charge in [-0.15, -0.1) is 0 Å². The molecule has 0 saturated carbocycles. The number of aliphatic carboxylic acids is 1. The van der Waals surface area contributed by atoms with Gasteiger partial charge in [-0.05, 0) is 23.8 Å². The van der Waals surface area contributed by atoms with Gasteiger partial charge < -0.3 is 20.4 Å². The molecule has 4 N–H and O–H groups in total. The molecule has 2 atom stereocenters. The zero-order valence-corrected chi connectivity index (χ0v) is 9.96. The Morgan fingerprint density at radius 2 is 1.76 bits per heavy atom. The molecular formula is C10H9BrO6. The molecule has 0 aromatic heterocycles. The Hall–Kier alpha value is -1.44. The summed E-state index contributed by atoms with van der Waals surface area (Å²) in [5.41, 5.74) is -0.428. The number of carbonyl (C=O) groups is 2. The second kappa shape index (κ2) is 5.26. The van der Waals surface area contributed by atoms with Crippen molar-refractivity contribution in [2.45, 2.75) is 12.2 Å². The van der Waals surface area contributed by atoms with Crippen LogP contribution in [0, 0.1) is 0 Å². The smallest absolute Gasteiger partial charge is 0.336 e. The standard InChI is InChI=1S/C10H9BrO6/c11-4-1-2-5(9(14)15)6(3-4)7(12)8(13)10(16)17/h1-3,7-8,12-13H,(H,14,15)(H,16,17). The lowest BCUT2D eigenvalue weighted by atomic mass is 9.99. The highest BCUT2D eigenvalue weighted by Crippen LogP contribution is 2.25. The molecule has 7 heteroatoms. The fraction of sp³-hybridized carbons (Fsp3) is 0.200. The second-order valence-corrected chi connectivity index (χ2v) is 4.18. The molecule has 92 valence electrons. The third kappa shape index (κ3) is 3.02. The molecule has 2 unspecified atom stereocenters. The number of benzene rings is 1. The van der Waals surface area contributed by atoms with E-state index in [-0.39, 0.29) is 11.1 Å². The average Bonchev–Trinajstić information content (AvgIpc) is 2.26. The van der Waals surface area contributed by atoms with E-state index in [0.717, 1.165) is 0 Å². The van der Waals surface area contributed by atoms with Gasteiger partial charge in [-0.3, -0.25) is 0 Å². The molecule has 1 aromatic rings. The molecule has 0 saturated heterocycles. The van der Waals surface area contributed by atoms with E-state index in [1.165, 1.54) is 18.2 Å². The third-order valence-electron chi connectivity index (χ3n) is 2.11. The highest BCUT2D eigenvalue weighted by molar-refractivity contribution is 9.10. The van der Waals surface area contributed by atoms with Crippen LogP contribution in [0.25, 0.3) is 0 Å². The van der Waals surface area contributed by atoms with E-state index in [1.54, 1.807) is 0 Å². The van der Waals surface area contributed by atoms with E-state index in [0.29, 0.717) is 4.47 Å². The van der Waals surface area contributed by atoms with Gasteiger partial charge in [0, 0.05) is 4.47 Å². The van der Waals surface area contributed by atoms with E-state index in [9.17, 15) is 19.8 Å². The Balaban J connectivity index is 3.23. The first-order valence-corrected chi connectivity index (χ1v) is 5.25. The number of carboxylic acid groups (broad SMARTS) is 2. The van der Waals surface area contributed by atoms with Crippen LogP contribution in [-0.2, 0) is 4.79 Å². The molecule has 0 amide bonds. The number of hydrogen-bond acceptors (Lipinski definition) is 4. The van der Waals surface area contributed by atoms with Crippen molar-refractivity contribution in [1.29, 1.82) is 0 Å². The first-order chi connectivity index (χ1) is 7.84. The van der Waals surface area contributed by atoms with E-state index in [2.05, 4.69) is 15.9 Å². The van der Waals surface area contributed by atoms with E-state index >= 15 is 0 Å². The maximum Gasteiger partial charge on any atom is 0.336 e. The van der Waals surface area contributed by atoms with Crippen LogP contribution in [0.3, 0.4) is 0 Å². The fourth-order valence-corrected chi connectivity index (χ4v) is 1.66. The zero-order chi connectivity index (χ0) is 13.2. The summed E-state index contributed by atoms with van der Waals surface area (Å²) in [6.45, 7) is 0. The summed E-state index contributed by atoms with van der Waals surface area (Å²) in [5.74, 6) is -2.95. The molecule has 0 aliphatic heterocycles. The quantitative estimate of drug-likeness (QED) is 0.648. The van der Waals surface area contributed by atoms with Crippen LogP contribution >= 0.6 is 15.9 Å². The fourth-order valence-electron chi connectivity index (χ4n) is 1.28. The van der Waals surface area contributed by atoms with Crippen LogP contribution in [0.15, 0.2) is 22.7 Å². The number of aromatic carboxylic acids is 1. The van der Waals surface area contributed by atoms with Gasteiger partial charge in [0.1, 0.15) is 6.10 Å². The van der Waals surface area contributed by atoms with Gasteiger partial charge in [0.2, 0.25) is 0 Å². The van der Waals surface area contributed by atoms with Gasteiger partial charge in [-0.1, -0.05) is 15.9 Å². The maximum atomic E-state index is 10.9. The first kappa shape index (κ1) is 13.6. The number of aliphatic hydroxyl groups excluding tert-OH is 2. The number of hydrogen-bond donors (Lipinski definition) is 4. The number of aliphatic hydroxyl groups is 2. The molecule has 1 rings (SSSR count). The van der Waals surface area contributed by atoms with Crippen LogP contribution in [-0.4, -0.2) is 38.5 Å². The van der Waals surface area contributed by atoms with Gasteiger partial charge in [-0.2, -0.15) is 0 Å². The van der Waals surface area contributed by atoms with Crippen LogP contribution in [0.2, 0.25) is 0 Å². The maximum absolute atomic E-state index is 10.9. The molecule has 0 heterocycles. The van der Waals surface area contributed by atoms with Crippen molar-refractivity contribution in [3.8, 4) is 0 Å². The van der Waals surface area contributed by atoms with Gasteiger partial charge in [0.15, 0.2) is 6.10 Å². The topological polar surface area (TPSA) is 115 Å². The Morgan fingerprint density at radius 1 is 1.18 bits per heavy atom. The van der Waals surface area contributed by atoms with Gasteiger partial charge >= 0.3 is 11.9 Å². The molecule has 17 heavy (non-hydrogen) atoms. The second-order valence-electron chi connectivity index (χ2n) is 3.26. The van der Waals surface area contributed by atoms with Crippen molar-refractivity contribution in [2.75, 3.05) is 0 Å². The Kier molecular flexibility index (Phi) is 4.22. The summed E-state index contributed by atoms with van der Waals surface area (Å²) in [4.78, 5) is 21.4. The zero-order valence-electron chi connectivity index (χ0n) is 8.37. The molecule has 0 bridgehead atoms. The lowest BCUT2D eigenvalue weighted by molar-refractivity contribution is -0.153. The predicted molar refractivity (Wildman–Crippen MR) is 59.7 cm³/mol. The molecule has 1 aromatic carbocycles. The molecule has 0 fully saturated rings. The summed E-state index contributed by atoms with van der Waals surface area (Å²) in [5, 5.41) is 36.2. The normalized spacial score (nSPS) is 14.1. The summed E-state index contributed by atoms with van der Waals surface area (Å²) >= 11 is 3.07. The van der Waals surface area contributed by atoms with Gasteiger partial charge in [0.25, 0.3) is 0 Å². The third-order valence-corrected chi connectivity index (χ3v) is 2.61. The number of halogens is 1. The molecule has 6 nitrogen and oxygen atoms in total. The molecular weight excluding hydrogens is 296 g/mol. The van der Waals surface area contributed by atoms with E-state index in [4.69, 9.17) is 10.2 Å². The van der Waals surface area contributed by atoms with Crippen molar-refractivity contribution in [1.82, 2.24) is 0 Å². The van der Waals surface area contributed by atoms with Crippen molar-refractivity contribution in [3.05, 3.63) is 33.8 Å². The van der Waals surface area contributed by atoms with Crippen LogP contribution in [0.5, 0.6) is 0 Å². The van der Waals surface area contributed by atoms with Crippen molar-refractivity contribution in [3.63, 3.8) is 0 Å². The summed E-state index contributed by atoms with van der Waals surface area (Å²) in [6, 6.07) is 3.90. The lowest BCUT2D eigenvalue weighted by Gasteiger charge is -2.16. The Labute approximate surface area is 104 Å². The van der Waals surface area contributed by atoms with Crippen LogP contribution < -0.4 is 0 Å². The van der Waals surface area contributed by atoms with Gasteiger partial charge in [0.05, 0.1) is 5.56 Å². The molecule has 0 radical (unpaired) electrons. The largest absolute Gasteiger partial charge is 0.479 e. The molecule has 0 aliphatic carbocycles. The predicted octanol–water partition coefficient (Wildman–Crippen LogP) is 0.626. The lowest BCUT2D eigenvalue weighted by Crippen LogP contribution is -2.28. The monoisotopic (exact) mass is 304 g/mol. The van der Waals surface area contributed by atoms with Crippen molar-refractivity contribution < 1.29 is 30.0 Å². The summed E-state index contributed by atoms with van der Waals surface area (Å²) in [6.07, 6.45) is -3.89. The Morgan fingerprint density at radius 3 is 2.24 bits per heavy atom. The minimum atomic E-state index is -2.08. The first-order valence-electron chi connectivity index (χ1n) is 4.46.